The Bertz CT molecular complexity index is 1790. The van der Waals surface area contributed by atoms with Crippen LogP contribution in [0.4, 0.5) is 22.7 Å². The molecule has 37 heavy (non-hydrogen) atoms. The summed E-state index contributed by atoms with van der Waals surface area (Å²) in [7, 11) is 1.34. The largest absolute Gasteiger partial charge is 0.505 e. The second-order valence-corrected chi connectivity index (χ2v) is 7.95. The molecule has 5 rings (SSSR count). The van der Waals surface area contributed by atoms with E-state index in [1.165, 1.54) is 31.4 Å². The lowest BCUT2D eigenvalue weighted by molar-refractivity contribution is -0.384. The quantitative estimate of drug-likeness (QED) is 0.140. The number of carbonyl (C=O) groups excluding carboxylic acids is 1. The van der Waals surface area contributed by atoms with Crippen LogP contribution >= 0.6 is 0 Å². The third-order valence-corrected chi connectivity index (χ3v) is 5.65. The number of hydrogen-bond donors (Lipinski definition) is 4. The number of aromatic nitrogens is 2. The lowest BCUT2D eigenvalue weighted by atomic mass is 10.0. The molecule has 184 valence electrons. The molecule has 0 spiro atoms. The van der Waals surface area contributed by atoms with Gasteiger partial charge >= 0.3 is 5.69 Å². The van der Waals surface area contributed by atoms with Crippen LogP contribution in [0.1, 0.15) is 10.4 Å². The zero-order valence-corrected chi connectivity index (χ0v) is 19.2. The molecule has 0 aliphatic carbocycles. The van der Waals surface area contributed by atoms with E-state index < -0.39 is 16.6 Å². The number of amides is 1. The lowest BCUT2D eigenvalue weighted by Crippen LogP contribution is -2.12. The number of imidazole rings is 1. The Morgan fingerprint density at radius 1 is 1.03 bits per heavy atom. The van der Waals surface area contributed by atoms with E-state index in [-0.39, 0.29) is 34.1 Å². The van der Waals surface area contributed by atoms with Gasteiger partial charge in [-0.2, -0.15) is 0 Å². The number of aromatic amines is 2. The number of nitro groups is 1. The van der Waals surface area contributed by atoms with Gasteiger partial charge in [0.15, 0.2) is 11.5 Å². The zero-order valence-electron chi connectivity index (χ0n) is 19.2. The minimum atomic E-state index is -0.607. The van der Waals surface area contributed by atoms with Gasteiger partial charge in [-0.1, -0.05) is 24.3 Å². The van der Waals surface area contributed by atoms with E-state index in [1.54, 1.807) is 42.5 Å². The van der Waals surface area contributed by atoms with Crippen LogP contribution in [0, 0.1) is 10.1 Å². The number of rotatable bonds is 6. The average molecular weight is 498 g/mol. The van der Waals surface area contributed by atoms with Crippen molar-refractivity contribution < 1.29 is 19.6 Å². The molecule has 1 amide bonds. The van der Waals surface area contributed by atoms with Crippen molar-refractivity contribution in [2.45, 2.75) is 0 Å². The monoisotopic (exact) mass is 498 g/mol. The van der Waals surface area contributed by atoms with Crippen molar-refractivity contribution in [2.75, 3.05) is 12.4 Å². The van der Waals surface area contributed by atoms with Crippen molar-refractivity contribution >= 4 is 50.5 Å². The highest BCUT2D eigenvalue weighted by Gasteiger charge is 2.19. The topological polar surface area (TPSA) is 175 Å². The number of hydrogen-bond acceptors (Lipinski definition) is 8. The van der Waals surface area contributed by atoms with Crippen LogP contribution in [0.5, 0.6) is 11.5 Å². The normalized spacial score (nSPS) is 11.3. The third-order valence-electron chi connectivity index (χ3n) is 5.65. The summed E-state index contributed by atoms with van der Waals surface area (Å²) in [5.41, 5.74) is 1.13. The first-order chi connectivity index (χ1) is 17.8. The van der Waals surface area contributed by atoms with Crippen molar-refractivity contribution in [3.63, 3.8) is 0 Å². The van der Waals surface area contributed by atoms with Crippen LogP contribution in [0.25, 0.3) is 21.8 Å². The molecule has 0 bridgehead atoms. The summed E-state index contributed by atoms with van der Waals surface area (Å²) in [4.78, 5) is 40.4. The van der Waals surface area contributed by atoms with E-state index in [1.807, 2.05) is 0 Å². The first-order valence-electron chi connectivity index (χ1n) is 10.9. The lowest BCUT2D eigenvalue weighted by Gasteiger charge is -2.11. The predicted molar refractivity (Wildman–Crippen MR) is 136 cm³/mol. The molecule has 0 radical (unpaired) electrons. The first kappa shape index (κ1) is 23.2. The minimum Gasteiger partial charge on any atom is -0.505 e. The summed E-state index contributed by atoms with van der Waals surface area (Å²) in [6, 6.07) is 17.2. The standard InChI is InChI=1S/C25H18N6O6/c1-37-21-12-15(31(35)36)7-9-19(21)29-30-22-16-5-3-2-4-13(16)10-17(23(22)32)24(33)26-14-6-8-18-20(11-14)28-25(34)27-18/h2-12,32H,1H3,(H,26,33)(H2,27,28,34). The van der Waals surface area contributed by atoms with E-state index in [4.69, 9.17) is 4.74 Å². The number of nitrogens with zero attached hydrogens (tertiary/aromatic N) is 3. The SMILES string of the molecule is COc1cc([N+](=O)[O-])ccc1N=Nc1c(O)c(C(=O)Nc2ccc3[nH]c(=O)[nH]c3c2)cc2ccccc12. The number of phenols is 1. The van der Waals surface area contributed by atoms with E-state index in [0.717, 1.165) is 0 Å². The molecular weight excluding hydrogens is 480 g/mol. The van der Waals surface area contributed by atoms with Gasteiger partial charge in [0.05, 0.1) is 34.7 Å². The van der Waals surface area contributed by atoms with Crippen LogP contribution in [0.3, 0.4) is 0 Å². The fourth-order valence-corrected chi connectivity index (χ4v) is 3.87. The van der Waals surface area contributed by atoms with Gasteiger partial charge < -0.3 is 25.1 Å². The number of anilines is 1. The maximum Gasteiger partial charge on any atom is 0.323 e. The molecule has 0 saturated heterocycles. The van der Waals surface area contributed by atoms with E-state index in [9.17, 15) is 24.8 Å². The van der Waals surface area contributed by atoms with E-state index in [0.29, 0.717) is 27.5 Å². The van der Waals surface area contributed by atoms with Gasteiger partial charge in [0.2, 0.25) is 0 Å². The first-order valence-corrected chi connectivity index (χ1v) is 10.9. The number of nitrogens with one attached hydrogen (secondary N) is 3. The number of fused-ring (bicyclic) bond motifs is 2. The van der Waals surface area contributed by atoms with E-state index >= 15 is 0 Å². The van der Waals surface area contributed by atoms with Gasteiger partial charge in [-0.25, -0.2) is 4.79 Å². The molecular formula is C25H18N6O6. The smallest absolute Gasteiger partial charge is 0.323 e. The molecule has 0 aliphatic heterocycles. The van der Waals surface area contributed by atoms with Crippen LogP contribution in [0.2, 0.25) is 0 Å². The molecule has 12 nitrogen and oxygen atoms in total. The van der Waals surface area contributed by atoms with Crippen LogP contribution in [0.15, 0.2) is 81.8 Å². The molecule has 5 aromatic rings. The van der Waals surface area contributed by atoms with Crippen molar-refractivity contribution in [2.24, 2.45) is 10.2 Å². The summed E-state index contributed by atoms with van der Waals surface area (Å²) in [6.07, 6.45) is 0. The number of methoxy groups -OCH3 is 1. The molecule has 0 saturated carbocycles. The molecule has 1 aromatic heterocycles. The highest BCUT2D eigenvalue weighted by atomic mass is 16.6. The van der Waals surface area contributed by atoms with Gasteiger partial charge in [-0.05, 0) is 35.7 Å². The number of nitro benzene ring substituents is 1. The molecule has 0 unspecified atom stereocenters. The average Bonchev–Trinajstić information content (AvgIpc) is 3.26. The number of benzene rings is 4. The highest BCUT2D eigenvalue weighted by molar-refractivity contribution is 6.12. The maximum absolute atomic E-state index is 13.1. The number of H-pyrrole nitrogens is 2. The Kier molecular flexibility index (Phi) is 5.82. The summed E-state index contributed by atoms with van der Waals surface area (Å²) in [5, 5.41) is 34.3. The van der Waals surface area contributed by atoms with Crippen LogP contribution < -0.4 is 15.7 Å². The van der Waals surface area contributed by atoms with Gasteiger partial charge in [-0.15, -0.1) is 10.2 Å². The highest BCUT2D eigenvalue weighted by Crippen LogP contribution is 2.41. The second kappa shape index (κ2) is 9.26. The fraction of sp³-hybridized carbons (Fsp3) is 0.0400. The van der Waals surface area contributed by atoms with Crippen molar-refractivity contribution in [3.8, 4) is 11.5 Å². The van der Waals surface area contributed by atoms with Gasteiger partial charge in [0.1, 0.15) is 11.4 Å². The van der Waals surface area contributed by atoms with Gasteiger partial charge in [-0.3, -0.25) is 14.9 Å². The van der Waals surface area contributed by atoms with E-state index in [2.05, 4.69) is 25.5 Å². The molecule has 0 atom stereocenters. The molecule has 12 heteroatoms. The Balaban J connectivity index is 1.54. The Morgan fingerprint density at radius 2 is 1.81 bits per heavy atom. The molecule has 4 N–H and O–H groups in total. The maximum atomic E-state index is 13.1. The minimum absolute atomic E-state index is 0.0362. The Hall–Kier alpha value is -5.52. The number of azo groups is 1. The summed E-state index contributed by atoms with van der Waals surface area (Å²) < 4.78 is 5.19. The van der Waals surface area contributed by atoms with Crippen molar-refractivity contribution in [3.05, 3.63) is 92.9 Å². The molecule has 1 heterocycles. The number of phenolic OH excluding ortho intramolecular Hbond substituents is 1. The van der Waals surface area contributed by atoms with Crippen molar-refractivity contribution in [1.29, 1.82) is 0 Å². The van der Waals surface area contributed by atoms with Crippen molar-refractivity contribution in [1.82, 2.24) is 9.97 Å². The van der Waals surface area contributed by atoms with Gasteiger partial charge in [0, 0.05) is 17.1 Å². The third kappa shape index (κ3) is 4.46. The van der Waals surface area contributed by atoms with Gasteiger partial charge in [0.25, 0.3) is 11.6 Å². The summed E-state index contributed by atoms with van der Waals surface area (Å²) in [6.45, 7) is 0. The fourth-order valence-electron chi connectivity index (χ4n) is 3.87. The number of carbonyl (C=O) groups is 1. The Labute approximate surface area is 207 Å². The second-order valence-electron chi connectivity index (χ2n) is 7.95. The van der Waals surface area contributed by atoms with Crippen LogP contribution in [-0.2, 0) is 0 Å². The predicted octanol–water partition coefficient (Wildman–Crippen LogP) is 5.30. The number of aromatic hydroxyl groups is 1. The number of non-ortho nitro benzene ring substituents is 1. The summed E-state index contributed by atoms with van der Waals surface area (Å²) in [5.74, 6) is -0.893. The number of ether oxygens (including phenoxy) is 1. The Morgan fingerprint density at radius 3 is 2.59 bits per heavy atom. The molecule has 0 fully saturated rings. The summed E-state index contributed by atoms with van der Waals surface area (Å²) >= 11 is 0. The molecule has 4 aromatic carbocycles. The molecule has 0 aliphatic rings. The van der Waals surface area contributed by atoms with Crippen LogP contribution in [-0.4, -0.2) is 33.0 Å². The zero-order chi connectivity index (χ0) is 26.1.